The highest BCUT2D eigenvalue weighted by atomic mass is 32.1. The number of aryl methyl sites for hydroxylation is 2. The van der Waals surface area contributed by atoms with Crippen LogP contribution in [0.3, 0.4) is 0 Å². The number of hydrogen-bond donors (Lipinski definition) is 0. The van der Waals surface area contributed by atoms with E-state index < -0.39 is 5.97 Å². The summed E-state index contributed by atoms with van der Waals surface area (Å²) in [4.78, 5) is 29.6. The maximum atomic E-state index is 12.9. The molecule has 0 atom stereocenters. The SMILES string of the molecule is CCOC(=O)COc1ccc(C=c2sc3nc4cc(C)c(C)cc4n3c2=O)cc1. The van der Waals surface area contributed by atoms with E-state index in [2.05, 4.69) is 4.98 Å². The summed E-state index contributed by atoms with van der Waals surface area (Å²) >= 11 is 1.37. The first kappa shape index (κ1) is 19.1. The lowest BCUT2D eigenvalue weighted by molar-refractivity contribution is -0.145. The Labute approximate surface area is 171 Å². The zero-order valence-electron chi connectivity index (χ0n) is 16.4. The molecule has 2 aromatic heterocycles. The van der Waals surface area contributed by atoms with Gasteiger partial charge in [0, 0.05) is 0 Å². The second kappa shape index (κ2) is 7.67. The van der Waals surface area contributed by atoms with Crippen LogP contribution in [0.15, 0.2) is 41.2 Å². The molecule has 0 spiro atoms. The van der Waals surface area contributed by atoms with Crippen molar-refractivity contribution >= 4 is 39.4 Å². The summed E-state index contributed by atoms with van der Waals surface area (Å²) in [6, 6.07) is 11.2. The number of ether oxygens (including phenoxy) is 2. The molecule has 0 N–H and O–H groups in total. The van der Waals surface area contributed by atoms with Gasteiger partial charge < -0.3 is 9.47 Å². The van der Waals surface area contributed by atoms with Gasteiger partial charge in [-0.05, 0) is 67.8 Å². The second-order valence-corrected chi connectivity index (χ2v) is 7.74. The average molecular weight is 408 g/mol. The molecule has 4 rings (SSSR count). The Morgan fingerprint density at radius 1 is 1.17 bits per heavy atom. The predicted molar refractivity (Wildman–Crippen MR) is 114 cm³/mol. The number of imidazole rings is 1. The van der Waals surface area contributed by atoms with E-state index in [9.17, 15) is 9.59 Å². The summed E-state index contributed by atoms with van der Waals surface area (Å²) < 4.78 is 12.5. The van der Waals surface area contributed by atoms with E-state index in [4.69, 9.17) is 9.47 Å². The van der Waals surface area contributed by atoms with E-state index >= 15 is 0 Å². The van der Waals surface area contributed by atoms with Gasteiger partial charge in [-0.3, -0.25) is 4.79 Å². The third-order valence-corrected chi connectivity index (χ3v) is 5.66. The van der Waals surface area contributed by atoms with E-state index in [0.29, 0.717) is 21.8 Å². The fourth-order valence-electron chi connectivity index (χ4n) is 3.08. The van der Waals surface area contributed by atoms with Crippen molar-refractivity contribution in [2.75, 3.05) is 13.2 Å². The van der Waals surface area contributed by atoms with Crippen LogP contribution in [0, 0.1) is 13.8 Å². The first-order valence-corrected chi connectivity index (χ1v) is 10.1. The van der Waals surface area contributed by atoms with Crippen molar-refractivity contribution in [1.82, 2.24) is 9.38 Å². The van der Waals surface area contributed by atoms with Gasteiger partial charge in [0.2, 0.25) is 0 Å². The van der Waals surface area contributed by atoms with E-state index in [1.165, 1.54) is 11.3 Å². The van der Waals surface area contributed by atoms with Crippen LogP contribution in [0.5, 0.6) is 5.75 Å². The second-order valence-electron chi connectivity index (χ2n) is 6.73. The monoisotopic (exact) mass is 408 g/mol. The molecule has 0 aliphatic heterocycles. The number of nitrogens with zero attached hydrogens (tertiary/aromatic N) is 2. The molecule has 29 heavy (non-hydrogen) atoms. The lowest BCUT2D eigenvalue weighted by Gasteiger charge is -2.05. The molecule has 0 radical (unpaired) electrons. The first-order valence-electron chi connectivity index (χ1n) is 9.28. The van der Waals surface area contributed by atoms with E-state index in [1.807, 2.05) is 44.2 Å². The lowest BCUT2D eigenvalue weighted by atomic mass is 10.1. The topological polar surface area (TPSA) is 69.9 Å². The van der Waals surface area contributed by atoms with Crippen LogP contribution in [0.25, 0.3) is 22.1 Å². The van der Waals surface area contributed by atoms with Gasteiger partial charge in [-0.25, -0.2) is 14.2 Å². The highest BCUT2D eigenvalue weighted by Gasteiger charge is 2.12. The minimum absolute atomic E-state index is 0.0709. The fourth-order valence-corrected chi connectivity index (χ4v) is 4.06. The van der Waals surface area contributed by atoms with Gasteiger partial charge in [-0.1, -0.05) is 23.5 Å². The molecule has 0 unspecified atom stereocenters. The van der Waals surface area contributed by atoms with Gasteiger partial charge in [0.25, 0.3) is 5.56 Å². The number of esters is 1. The lowest BCUT2D eigenvalue weighted by Crippen LogP contribution is -2.22. The van der Waals surface area contributed by atoms with E-state index in [1.54, 1.807) is 23.5 Å². The summed E-state index contributed by atoms with van der Waals surface area (Å²) in [7, 11) is 0. The van der Waals surface area contributed by atoms with Crippen molar-refractivity contribution in [3.63, 3.8) is 0 Å². The Bertz CT molecular complexity index is 1320. The maximum Gasteiger partial charge on any atom is 0.344 e. The van der Waals surface area contributed by atoms with Crippen molar-refractivity contribution in [3.05, 3.63) is 68.0 Å². The zero-order valence-corrected chi connectivity index (χ0v) is 17.2. The van der Waals surface area contributed by atoms with Crippen molar-refractivity contribution in [1.29, 1.82) is 0 Å². The summed E-state index contributed by atoms with van der Waals surface area (Å²) in [6.45, 7) is 6.02. The summed E-state index contributed by atoms with van der Waals surface area (Å²) in [5, 5.41) is 0. The summed E-state index contributed by atoms with van der Waals surface area (Å²) in [5.74, 6) is 0.161. The highest BCUT2D eigenvalue weighted by Crippen LogP contribution is 2.20. The number of hydrogen-bond acceptors (Lipinski definition) is 6. The minimum Gasteiger partial charge on any atom is -0.482 e. The Balaban J connectivity index is 1.64. The van der Waals surface area contributed by atoms with Crippen LogP contribution in [-0.4, -0.2) is 28.6 Å². The third-order valence-electron chi connectivity index (χ3n) is 4.69. The molecular formula is C22H20N2O4S. The van der Waals surface area contributed by atoms with Crippen molar-refractivity contribution in [2.24, 2.45) is 0 Å². The standard InChI is InChI=1S/C22H20N2O4S/c1-4-27-20(25)12-28-16-7-5-15(6-8-16)11-19-21(26)24-18-10-14(3)13(2)9-17(18)23-22(24)29-19/h5-11H,4,12H2,1-3H3. The van der Waals surface area contributed by atoms with Crippen LogP contribution in [0.2, 0.25) is 0 Å². The molecule has 0 saturated carbocycles. The van der Waals surface area contributed by atoms with Crippen LogP contribution in [0.4, 0.5) is 0 Å². The average Bonchev–Trinajstić information content (AvgIpc) is 3.18. The van der Waals surface area contributed by atoms with Gasteiger partial charge in [-0.2, -0.15) is 0 Å². The largest absolute Gasteiger partial charge is 0.482 e. The molecule has 2 aromatic carbocycles. The molecule has 6 nitrogen and oxygen atoms in total. The van der Waals surface area contributed by atoms with Crippen molar-refractivity contribution < 1.29 is 14.3 Å². The fraction of sp³-hybridized carbons (Fsp3) is 0.227. The Morgan fingerprint density at radius 3 is 2.62 bits per heavy atom. The van der Waals surface area contributed by atoms with Gasteiger partial charge in [0.05, 0.1) is 22.2 Å². The third kappa shape index (κ3) is 3.73. The predicted octanol–water partition coefficient (Wildman–Crippen LogP) is 3.02. The van der Waals surface area contributed by atoms with Gasteiger partial charge in [0.1, 0.15) is 5.75 Å². The Kier molecular flexibility index (Phi) is 5.07. The molecule has 0 saturated heterocycles. The summed E-state index contributed by atoms with van der Waals surface area (Å²) in [5.41, 5.74) is 4.77. The molecule has 0 amide bonds. The molecule has 2 heterocycles. The Hall–Kier alpha value is -3.19. The van der Waals surface area contributed by atoms with Gasteiger partial charge >= 0.3 is 5.97 Å². The van der Waals surface area contributed by atoms with E-state index in [0.717, 1.165) is 27.7 Å². The maximum absolute atomic E-state index is 12.9. The number of benzene rings is 2. The van der Waals surface area contributed by atoms with Gasteiger partial charge in [0.15, 0.2) is 11.6 Å². The molecular weight excluding hydrogens is 388 g/mol. The number of carbonyl (C=O) groups is 1. The van der Waals surface area contributed by atoms with Gasteiger partial charge in [-0.15, -0.1) is 0 Å². The summed E-state index contributed by atoms with van der Waals surface area (Å²) in [6.07, 6.45) is 1.84. The molecule has 148 valence electrons. The van der Waals surface area contributed by atoms with Crippen LogP contribution in [0.1, 0.15) is 23.6 Å². The van der Waals surface area contributed by atoms with Crippen LogP contribution >= 0.6 is 11.3 Å². The number of thiazole rings is 1. The quantitative estimate of drug-likeness (QED) is 0.475. The number of rotatable bonds is 5. The van der Waals surface area contributed by atoms with Crippen LogP contribution < -0.4 is 14.8 Å². The van der Waals surface area contributed by atoms with E-state index in [-0.39, 0.29) is 12.2 Å². The normalized spacial score (nSPS) is 12.0. The molecule has 4 aromatic rings. The Morgan fingerprint density at radius 2 is 1.90 bits per heavy atom. The highest BCUT2D eigenvalue weighted by molar-refractivity contribution is 7.15. The smallest absolute Gasteiger partial charge is 0.344 e. The minimum atomic E-state index is -0.404. The molecule has 0 aliphatic rings. The molecule has 0 bridgehead atoms. The molecule has 7 heteroatoms. The number of fused-ring (bicyclic) bond motifs is 3. The first-order chi connectivity index (χ1) is 14.0. The number of carbonyl (C=O) groups excluding carboxylic acids is 1. The number of aromatic nitrogens is 2. The zero-order chi connectivity index (χ0) is 20.5. The van der Waals surface area contributed by atoms with Crippen molar-refractivity contribution in [2.45, 2.75) is 20.8 Å². The van der Waals surface area contributed by atoms with Crippen LogP contribution in [-0.2, 0) is 9.53 Å². The van der Waals surface area contributed by atoms with Crippen molar-refractivity contribution in [3.8, 4) is 5.75 Å². The molecule has 0 aliphatic carbocycles. The molecule has 0 fully saturated rings.